The molecule has 4 aliphatic heterocycles. The highest BCUT2D eigenvalue weighted by atomic mass is 35.5. The monoisotopic (exact) mass is 956 g/mol. The Bertz CT molecular complexity index is 1790. The molecule has 4 aliphatic rings. The average molecular weight is 957 g/mol. The van der Waals surface area contributed by atoms with Crippen LogP contribution in [0.2, 0.25) is 5.02 Å². The molecule has 18 heteroatoms. The lowest BCUT2D eigenvalue weighted by atomic mass is 9.77. The first-order chi connectivity index (χ1) is 30.8. The summed E-state index contributed by atoms with van der Waals surface area (Å²) in [6.07, 6.45) is -8.93. The number of aliphatic hydroxyl groups is 2. The summed E-state index contributed by atoms with van der Waals surface area (Å²) in [5.74, 6) is -2.66. The molecule has 0 bridgehead atoms. The van der Waals surface area contributed by atoms with Gasteiger partial charge in [-0.05, 0) is 113 Å². The quantitative estimate of drug-likeness (QED) is 0.180. The summed E-state index contributed by atoms with van der Waals surface area (Å²) >= 11 is 6.32. The van der Waals surface area contributed by atoms with Crippen LogP contribution in [0.4, 0.5) is 9.59 Å². The Morgan fingerprint density at radius 2 is 1.68 bits per heavy atom. The van der Waals surface area contributed by atoms with E-state index in [4.69, 9.17) is 54.2 Å². The first-order valence-corrected chi connectivity index (χ1v) is 24.0. The maximum atomic E-state index is 14.7. The van der Waals surface area contributed by atoms with Gasteiger partial charge < -0.3 is 63.1 Å². The number of nitrogens with one attached hydrogen (secondary N) is 1. The second kappa shape index (κ2) is 22.3. The number of alkyl carbamates (subject to hydrolysis) is 1. The van der Waals surface area contributed by atoms with Gasteiger partial charge in [0.05, 0.1) is 35.9 Å². The van der Waals surface area contributed by atoms with Crippen molar-refractivity contribution in [3.05, 3.63) is 34.9 Å². The van der Waals surface area contributed by atoms with Crippen LogP contribution in [-0.4, -0.2) is 170 Å². The van der Waals surface area contributed by atoms with Crippen molar-refractivity contribution in [1.29, 1.82) is 0 Å². The predicted octanol–water partition coefficient (Wildman–Crippen LogP) is 5.71. The number of methoxy groups -OCH3 is 1. The zero-order chi connectivity index (χ0) is 49.1. The third-order valence-electron chi connectivity index (χ3n) is 14.5. The lowest BCUT2D eigenvalue weighted by Crippen LogP contribution is -2.61. The maximum absolute atomic E-state index is 14.7. The molecule has 66 heavy (non-hydrogen) atoms. The summed E-state index contributed by atoms with van der Waals surface area (Å²) in [7, 11) is 7.20. The predicted molar refractivity (Wildman–Crippen MR) is 245 cm³/mol. The zero-order valence-corrected chi connectivity index (χ0v) is 42.2. The number of nitrogens with zero attached hydrogens (tertiary/aromatic N) is 2. The molecule has 376 valence electrons. The molecular weight excluding hydrogens is 878 g/mol. The summed E-state index contributed by atoms with van der Waals surface area (Å²) < 4.78 is 56.6. The number of hydrogen-bond acceptors (Lipinski definition) is 16. The Labute approximate surface area is 396 Å². The van der Waals surface area contributed by atoms with E-state index in [1.807, 2.05) is 83.8 Å². The molecule has 18 atom stereocenters. The molecule has 5 rings (SSSR count). The lowest BCUT2D eigenvalue weighted by molar-refractivity contribution is -0.317. The van der Waals surface area contributed by atoms with Gasteiger partial charge in [0.1, 0.15) is 17.8 Å². The van der Waals surface area contributed by atoms with Gasteiger partial charge in [-0.2, -0.15) is 0 Å². The number of amides is 1. The van der Waals surface area contributed by atoms with Gasteiger partial charge in [-0.15, -0.1) is 0 Å². The Hall–Kier alpha value is -2.84. The van der Waals surface area contributed by atoms with E-state index in [0.717, 1.165) is 5.56 Å². The van der Waals surface area contributed by atoms with E-state index in [2.05, 4.69) is 5.32 Å². The number of esters is 1. The van der Waals surface area contributed by atoms with Crippen molar-refractivity contribution in [3.63, 3.8) is 0 Å². The Kier molecular flexibility index (Phi) is 18.3. The summed E-state index contributed by atoms with van der Waals surface area (Å²) in [4.78, 5) is 44.8. The third kappa shape index (κ3) is 12.3. The average Bonchev–Trinajstić information content (AvgIpc) is 3.56. The van der Waals surface area contributed by atoms with Crippen LogP contribution in [0.15, 0.2) is 24.3 Å². The van der Waals surface area contributed by atoms with Crippen LogP contribution < -0.4 is 5.32 Å². The SMILES string of the molecule is CC[C@H]1OC(=O)[C@H](C)[C@@H](O[C@H]2C[C@@](C)(OC)[C@@H](OC(=O)NCCc3ccccc3Cl)[C@H](C)O2)[C@H](C)[C@@H](O[C@@H]2O[C@H](C)C[C@H](N(C)C)[C@H]2O)[C@](C)(O)C[C@@H](C)CN(C)[C@H](C)[C@H]2OC(=O)O[C@@]21C. The lowest BCUT2D eigenvalue weighted by Gasteiger charge is -2.49. The van der Waals surface area contributed by atoms with Crippen molar-refractivity contribution in [2.75, 3.05) is 41.3 Å². The van der Waals surface area contributed by atoms with Crippen molar-refractivity contribution in [1.82, 2.24) is 15.1 Å². The summed E-state index contributed by atoms with van der Waals surface area (Å²) in [6.45, 7) is 18.9. The standard InChI is InChI=1S/C48H78ClN3O14/c1-15-35-48(10)40(65-45(56)66-48)30(6)52(13)25-26(2)23-46(8,57)39(63-43-37(53)34(51(11)12)22-27(3)59-43)28(4)38(29(5)42(54)61-35)62-36-24-47(9,58-14)41(31(7)60-36)64-44(55)50-21-20-32-18-16-17-19-33(32)49/h16-19,26-31,34-41,43,53,57H,15,20-25H2,1-14H3,(H,50,55)/t26-,27-,28+,29-,30-,31+,34+,35-,36+,37-,38+,39-,40-,41+,43+,46-,47-,48-/m1/s1. The summed E-state index contributed by atoms with van der Waals surface area (Å²) in [5.41, 5.74) is -3.19. The van der Waals surface area contributed by atoms with E-state index in [1.165, 1.54) is 7.11 Å². The molecule has 3 N–H and O–H groups in total. The number of aliphatic hydroxyl groups excluding tert-OH is 1. The number of halogens is 1. The highest BCUT2D eigenvalue weighted by Crippen LogP contribution is 2.42. The van der Waals surface area contributed by atoms with E-state index in [0.29, 0.717) is 30.8 Å². The molecule has 1 aromatic rings. The molecule has 0 aliphatic carbocycles. The molecule has 0 saturated carbocycles. The molecule has 0 radical (unpaired) electrons. The minimum atomic E-state index is -1.60. The first kappa shape index (κ1) is 54.1. The summed E-state index contributed by atoms with van der Waals surface area (Å²) in [6, 6.07) is 6.72. The van der Waals surface area contributed by atoms with Crippen LogP contribution in [0.5, 0.6) is 0 Å². The smallest absolute Gasteiger partial charge is 0.458 e. The topological polar surface area (TPSA) is 193 Å². The number of ether oxygens (including phenoxy) is 9. The Morgan fingerprint density at radius 1 is 1.00 bits per heavy atom. The van der Waals surface area contributed by atoms with Crippen LogP contribution >= 0.6 is 11.6 Å². The number of hydrogen-bond donors (Lipinski definition) is 3. The molecular formula is C48H78ClN3O14. The molecule has 1 amide bonds. The van der Waals surface area contributed by atoms with Crippen molar-refractivity contribution in [2.24, 2.45) is 17.8 Å². The van der Waals surface area contributed by atoms with Crippen LogP contribution in [-0.2, 0) is 53.8 Å². The van der Waals surface area contributed by atoms with Crippen molar-refractivity contribution in [2.45, 2.75) is 192 Å². The van der Waals surface area contributed by atoms with Crippen LogP contribution in [0, 0.1) is 17.8 Å². The fourth-order valence-corrected chi connectivity index (χ4v) is 10.9. The van der Waals surface area contributed by atoms with E-state index in [9.17, 15) is 24.6 Å². The molecule has 0 aromatic heterocycles. The van der Waals surface area contributed by atoms with Gasteiger partial charge in [0.25, 0.3) is 0 Å². The number of fused-ring (bicyclic) bond motifs is 1. The van der Waals surface area contributed by atoms with E-state index >= 15 is 0 Å². The number of cyclic esters (lactones) is 1. The molecule has 4 fully saturated rings. The first-order valence-electron chi connectivity index (χ1n) is 23.6. The normalized spacial score (nSPS) is 42.0. The molecule has 17 nitrogen and oxygen atoms in total. The second-order valence-electron chi connectivity index (χ2n) is 20.2. The molecule has 0 spiro atoms. The molecule has 0 unspecified atom stereocenters. The van der Waals surface area contributed by atoms with E-state index < -0.39 is 102 Å². The van der Waals surface area contributed by atoms with Gasteiger partial charge in [0, 0.05) is 49.6 Å². The Morgan fingerprint density at radius 3 is 2.32 bits per heavy atom. The van der Waals surface area contributed by atoms with E-state index in [-0.39, 0.29) is 43.5 Å². The number of benzene rings is 1. The highest BCUT2D eigenvalue weighted by molar-refractivity contribution is 6.31. The van der Waals surface area contributed by atoms with Crippen molar-refractivity contribution >= 4 is 29.8 Å². The van der Waals surface area contributed by atoms with Gasteiger partial charge in [-0.25, -0.2) is 9.59 Å². The van der Waals surface area contributed by atoms with Gasteiger partial charge in [-0.3, -0.25) is 9.69 Å². The van der Waals surface area contributed by atoms with Crippen molar-refractivity contribution < 1.29 is 67.2 Å². The number of rotatable bonds is 11. The largest absolute Gasteiger partial charge is 0.509 e. The second-order valence-corrected chi connectivity index (χ2v) is 20.6. The number of likely N-dealkylation sites (N-methyl/N-ethyl adjacent to an activating group) is 2. The Balaban J connectivity index is 1.50. The fourth-order valence-electron chi connectivity index (χ4n) is 10.7. The summed E-state index contributed by atoms with van der Waals surface area (Å²) in [5, 5.41) is 27.9. The van der Waals surface area contributed by atoms with Gasteiger partial charge >= 0.3 is 18.2 Å². The minimum Gasteiger partial charge on any atom is -0.458 e. The van der Waals surface area contributed by atoms with Gasteiger partial charge in [0.15, 0.2) is 30.4 Å². The van der Waals surface area contributed by atoms with Crippen LogP contribution in [0.3, 0.4) is 0 Å². The van der Waals surface area contributed by atoms with Crippen LogP contribution in [0.1, 0.15) is 100 Å². The number of carbonyl (C=O) groups is 3. The maximum Gasteiger partial charge on any atom is 0.509 e. The fraction of sp³-hybridized carbons (Fsp3) is 0.812. The highest BCUT2D eigenvalue weighted by Gasteiger charge is 2.58. The van der Waals surface area contributed by atoms with Crippen molar-refractivity contribution in [3.8, 4) is 0 Å². The van der Waals surface area contributed by atoms with Crippen LogP contribution in [0.25, 0.3) is 0 Å². The third-order valence-corrected chi connectivity index (χ3v) is 14.9. The van der Waals surface area contributed by atoms with E-state index in [1.54, 1.807) is 40.7 Å². The molecule has 1 aromatic carbocycles. The molecule has 4 saturated heterocycles. The number of carbonyl (C=O) groups excluding carboxylic acids is 3. The zero-order valence-electron chi connectivity index (χ0n) is 41.5. The molecule has 4 heterocycles. The van der Waals surface area contributed by atoms with Gasteiger partial charge in [-0.1, -0.05) is 50.6 Å². The minimum absolute atomic E-state index is 0.0661. The van der Waals surface area contributed by atoms with Gasteiger partial charge in [0.2, 0.25) is 0 Å².